The maximum Gasteiger partial charge on any atom is 0.346 e. The number of carboxylic acid groups (broad SMARTS) is 1. The summed E-state index contributed by atoms with van der Waals surface area (Å²) in [4.78, 5) is 37.0. The number of rotatable bonds is 5. The van der Waals surface area contributed by atoms with E-state index in [0.29, 0.717) is 11.0 Å². The number of imide groups is 1. The van der Waals surface area contributed by atoms with Gasteiger partial charge in [0, 0.05) is 17.7 Å². The molecule has 1 N–H and O–H groups in total. The fourth-order valence-corrected chi connectivity index (χ4v) is 4.15. The van der Waals surface area contributed by atoms with Crippen molar-refractivity contribution in [3.63, 3.8) is 0 Å². The van der Waals surface area contributed by atoms with E-state index in [1.54, 1.807) is 0 Å². The molecule has 0 aliphatic carbocycles. The number of fused-ring (bicyclic) bond motifs is 1. The lowest BCUT2D eigenvalue weighted by molar-refractivity contribution is -0.117. The zero-order chi connectivity index (χ0) is 23.2. The Balaban J connectivity index is 1.66. The molecule has 32 heavy (non-hydrogen) atoms. The summed E-state index contributed by atoms with van der Waals surface area (Å²) in [6.07, 6.45) is -0.316. The first-order valence-corrected chi connectivity index (χ1v) is 9.82. The van der Waals surface area contributed by atoms with Crippen molar-refractivity contribution in [2.24, 2.45) is 0 Å². The van der Waals surface area contributed by atoms with Crippen LogP contribution in [0.3, 0.4) is 0 Å². The first-order chi connectivity index (χ1) is 15.2. The lowest BCUT2D eigenvalue weighted by atomic mass is 10.0. The van der Waals surface area contributed by atoms with Crippen LogP contribution in [0.4, 0.5) is 23.2 Å². The molecule has 0 saturated carbocycles. The molecule has 0 fully saturated rings. The van der Waals surface area contributed by atoms with E-state index in [2.05, 4.69) is 0 Å². The molecular weight excluding hydrogens is 454 g/mol. The predicted molar refractivity (Wildman–Crippen MR) is 104 cm³/mol. The third-order valence-corrected chi connectivity index (χ3v) is 5.71. The van der Waals surface area contributed by atoms with Crippen LogP contribution < -0.4 is 9.64 Å². The number of carboxylic acids is 1. The molecule has 2 amide bonds. The number of nitrogens with zero attached hydrogens (tertiary/aromatic N) is 1. The summed E-state index contributed by atoms with van der Waals surface area (Å²) in [6.45, 7) is -0.620. The number of amides is 2. The van der Waals surface area contributed by atoms with E-state index in [-0.39, 0.29) is 28.2 Å². The van der Waals surface area contributed by atoms with Gasteiger partial charge in [0.25, 0.3) is 5.91 Å². The van der Waals surface area contributed by atoms with Gasteiger partial charge in [-0.25, -0.2) is 27.3 Å². The fourth-order valence-electron chi connectivity index (χ4n) is 3.26. The lowest BCUT2D eigenvalue weighted by Crippen LogP contribution is -2.43. The molecule has 0 saturated heterocycles. The lowest BCUT2D eigenvalue weighted by Gasteiger charge is -2.26. The first kappa shape index (κ1) is 21.5. The van der Waals surface area contributed by atoms with Gasteiger partial charge in [0.05, 0.1) is 17.7 Å². The Hall–Kier alpha value is -3.73. The van der Waals surface area contributed by atoms with Gasteiger partial charge in [0.1, 0.15) is 28.9 Å². The highest BCUT2D eigenvalue weighted by Gasteiger charge is 2.38. The van der Waals surface area contributed by atoms with Crippen molar-refractivity contribution < 1.29 is 41.8 Å². The van der Waals surface area contributed by atoms with Crippen LogP contribution >= 0.6 is 11.3 Å². The van der Waals surface area contributed by atoms with Gasteiger partial charge in [-0.3, -0.25) is 9.59 Å². The van der Waals surface area contributed by atoms with Crippen molar-refractivity contribution in [3.8, 4) is 5.75 Å². The van der Waals surface area contributed by atoms with E-state index in [0.717, 1.165) is 35.6 Å². The molecule has 1 aliphatic heterocycles. The summed E-state index contributed by atoms with van der Waals surface area (Å²) in [6, 6.07) is 4.08. The van der Waals surface area contributed by atoms with Gasteiger partial charge >= 0.3 is 5.97 Å². The van der Waals surface area contributed by atoms with E-state index in [1.165, 1.54) is 5.38 Å². The molecule has 0 bridgehead atoms. The number of thiophene rings is 1. The molecule has 1 aliphatic rings. The van der Waals surface area contributed by atoms with Crippen molar-refractivity contribution >= 4 is 34.8 Å². The van der Waals surface area contributed by atoms with Gasteiger partial charge in [-0.15, -0.1) is 11.3 Å². The predicted octanol–water partition coefficient (Wildman–Crippen LogP) is 4.31. The maximum absolute atomic E-state index is 14.5. The summed E-state index contributed by atoms with van der Waals surface area (Å²) < 4.78 is 60.3. The van der Waals surface area contributed by atoms with E-state index >= 15 is 0 Å². The van der Waals surface area contributed by atoms with E-state index in [1.807, 2.05) is 0 Å². The number of halogens is 4. The third kappa shape index (κ3) is 3.71. The van der Waals surface area contributed by atoms with Crippen LogP contribution in [0.1, 0.15) is 31.2 Å². The van der Waals surface area contributed by atoms with Gasteiger partial charge in [-0.1, -0.05) is 0 Å². The highest BCUT2D eigenvalue weighted by atomic mass is 32.1. The van der Waals surface area contributed by atoms with Crippen molar-refractivity contribution in [3.05, 3.63) is 80.5 Å². The number of benzene rings is 2. The number of hydrogen-bond acceptors (Lipinski definition) is 5. The summed E-state index contributed by atoms with van der Waals surface area (Å²) in [5.41, 5.74) is -0.913. The van der Waals surface area contributed by atoms with Crippen molar-refractivity contribution in [1.82, 2.24) is 0 Å². The van der Waals surface area contributed by atoms with E-state index in [9.17, 15) is 37.1 Å². The second-order valence-electron chi connectivity index (χ2n) is 6.74. The normalized spacial score (nSPS) is 13.3. The molecule has 0 spiro atoms. The highest BCUT2D eigenvalue weighted by molar-refractivity contribution is 7.12. The summed E-state index contributed by atoms with van der Waals surface area (Å²) >= 11 is 0.779. The number of ether oxygens (including phenoxy) is 1. The molecule has 0 unspecified atom stereocenters. The van der Waals surface area contributed by atoms with Gasteiger partial charge in [-0.2, -0.15) is 0 Å². The average molecular weight is 465 g/mol. The molecule has 2 aromatic carbocycles. The minimum absolute atomic E-state index is 0.124. The van der Waals surface area contributed by atoms with E-state index < -0.39 is 58.9 Å². The molecule has 0 radical (unpaired) electrons. The van der Waals surface area contributed by atoms with Crippen LogP contribution in [0, 0.1) is 23.3 Å². The fraction of sp³-hybridized carbons (Fsp3) is 0.0952. The Morgan fingerprint density at radius 1 is 1.09 bits per heavy atom. The Labute approximate surface area is 181 Å². The second kappa shape index (κ2) is 8.08. The highest BCUT2D eigenvalue weighted by Crippen LogP contribution is 2.34. The van der Waals surface area contributed by atoms with Gasteiger partial charge in [0.2, 0.25) is 5.91 Å². The van der Waals surface area contributed by atoms with Gasteiger partial charge < -0.3 is 9.84 Å². The van der Waals surface area contributed by atoms with Gasteiger partial charge in [-0.05, 0) is 29.1 Å². The van der Waals surface area contributed by atoms with Crippen molar-refractivity contribution in [2.45, 2.75) is 13.0 Å². The Morgan fingerprint density at radius 2 is 1.84 bits per heavy atom. The SMILES string of the molecule is O=C(O)c1scc2c1C(=O)N(c1cc(OCc3cc(F)cc(F)c3F)ccc1F)C(=O)C2. The smallest absolute Gasteiger partial charge is 0.346 e. The minimum Gasteiger partial charge on any atom is -0.489 e. The summed E-state index contributed by atoms with van der Waals surface area (Å²) in [5.74, 6) is -8.00. The average Bonchev–Trinajstić information content (AvgIpc) is 3.15. The largest absolute Gasteiger partial charge is 0.489 e. The topological polar surface area (TPSA) is 83.9 Å². The summed E-state index contributed by atoms with van der Waals surface area (Å²) in [5, 5.41) is 10.7. The first-order valence-electron chi connectivity index (χ1n) is 8.94. The molecule has 2 heterocycles. The van der Waals surface area contributed by atoms with Gasteiger partial charge in [0.15, 0.2) is 11.6 Å². The molecule has 4 rings (SSSR count). The van der Waals surface area contributed by atoms with Crippen molar-refractivity contribution in [1.29, 1.82) is 0 Å². The zero-order valence-electron chi connectivity index (χ0n) is 15.8. The third-order valence-electron chi connectivity index (χ3n) is 4.69. The molecule has 164 valence electrons. The monoisotopic (exact) mass is 465 g/mol. The number of anilines is 1. The van der Waals surface area contributed by atoms with Crippen LogP contribution in [0.2, 0.25) is 0 Å². The Morgan fingerprint density at radius 3 is 2.56 bits per heavy atom. The number of carbonyl (C=O) groups is 3. The quantitative estimate of drug-likeness (QED) is 0.345. The standard InChI is InChI=1S/C21H11F4NO5S/c22-11-3-9(18(25)14(24)5-11)7-31-12-1-2-13(23)15(6-12)26-16(27)4-10-8-32-19(21(29)30)17(10)20(26)28/h1-3,5-6,8H,4,7H2,(H,29,30). The molecule has 0 atom stereocenters. The Kier molecular flexibility index (Phi) is 5.43. The number of carbonyl (C=O) groups excluding carboxylic acids is 2. The number of hydrogen-bond donors (Lipinski definition) is 1. The van der Waals surface area contributed by atoms with Crippen LogP contribution in [-0.2, 0) is 17.8 Å². The molecule has 3 aromatic rings. The number of aromatic carboxylic acids is 1. The molecule has 6 nitrogen and oxygen atoms in total. The maximum atomic E-state index is 14.5. The van der Waals surface area contributed by atoms with Crippen LogP contribution in [0.15, 0.2) is 35.7 Å². The van der Waals surface area contributed by atoms with E-state index in [4.69, 9.17) is 4.74 Å². The second-order valence-corrected chi connectivity index (χ2v) is 7.62. The minimum atomic E-state index is -1.41. The zero-order valence-corrected chi connectivity index (χ0v) is 16.6. The Bertz CT molecular complexity index is 1290. The molecule has 11 heteroatoms. The van der Waals surface area contributed by atoms with Crippen LogP contribution in [0.25, 0.3) is 0 Å². The van der Waals surface area contributed by atoms with Crippen LogP contribution in [-0.4, -0.2) is 22.9 Å². The molecular formula is C21H11F4NO5S. The van der Waals surface area contributed by atoms with Crippen LogP contribution in [0.5, 0.6) is 5.75 Å². The summed E-state index contributed by atoms with van der Waals surface area (Å²) in [7, 11) is 0. The molecule has 1 aromatic heterocycles. The van der Waals surface area contributed by atoms with Crippen molar-refractivity contribution in [2.75, 3.05) is 4.90 Å².